The SMILES string of the molecule is CC1=CC2(C)SC=CC2C=C1. The smallest absolute Gasteiger partial charge is 0.0454 e. The molecule has 2 rings (SSSR count). The van der Waals surface area contributed by atoms with E-state index in [1.54, 1.807) is 0 Å². The van der Waals surface area contributed by atoms with Crippen molar-refractivity contribution in [2.24, 2.45) is 5.92 Å². The molecular formula is C10H12S. The van der Waals surface area contributed by atoms with Crippen molar-refractivity contribution in [1.29, 1.82) is 0 Å². The van der Waals surface area contributed by atoms with Gasteiger partial charge in [0.25, 0.3) is 0 Å². The zero-order valence-electron chi connectivity index (χ0n) is 6.87. The maximum Gasteiger partial charge on any atom is 0.0454 e. The monoisotopic (exact) mass is 164 g/mol. The highest BCUT2D eigenvalue weighted by molar-refractivity contribution is 8.03. The molecule has 0 saturated carbocycles. The first-order chi connectivity index (χ1) is 5.21. The summed E-state index contributed by atoms with van der Waals surface area (Å²) in [6, 6.07) is 0. The van der Waals surface area contributed by atoms with Crippen LogP contribution in [0.3, 0.4) is 0 Å². The lowest BCUT2D eigenvalue weighted by molar-refractivity contribution is 0.666. The Bertz CT molecular complexity index is 260. The normalized spacial score (nSPS) is 40.5. The summed E-state index contributed by atoms with van der Waals surface area (Å²) < 4.78 is 0.318. The molecule has 2 aliphatic rings. The van der Waals surface area contributed by atoms with Gasteiger partial charge in [-0.25, -0.2) is 0 Å². The molecule has 0 N–H and O–H groups in total. The first-order valence-electron chi connectivity index (χ1n) is 3.93. The van der Waals surface area contributed by atoms with Crippen LogP contribution in [0, 0.1) is 5.92 Å². The first-order valence-corrected chi connectivity index (χ1v) is 4.81. The molecule has 0 saturated heterocycles. The quantitative estimate of drug-likeness (QED) is 0.530. The maximum absolute atomic E-state index is 2.36. The lowest BCUT2D eigenvalue weighted by Crippen LogP contribution is -2.24. The molecule has 0 spiro atoms. The molecule has 1 heteroatoms. The molecule has 0 nitrogen and oxygen atoms in total. The largest absolute Gasteiger partial charge is 0.123 e. The molecule has 2 atom stereocenters. The highest BCUT2D eigenvalue weighted by Crippen LogP contribution is 2.45. The van der Waals surface area contributed by atoms with E-state index in [1.165, 1.54) is 5.57 Å². The van der Waals surface area contributed by atoms with Gasteiger partial charge in [0.1, 0.15) is 0 Å². The van der Waals surface area contributed by atoms with E-state index in [0.29, 0.717) is 10.7 Å². The number of fused-ring (bicyclic) bond motifs is 1. The zero-order valence-corrected chi connectivity index (χ0v) is 7.69. The predicted molar refractivity (Wildman–Crippen MR) is 51.5 cm³/mol. The van der Waals surface area contributed by atoms with Crippen LogP contribution >= 0.6 is 11.8 Å². The minimum absolute atomic E-state index is 0.318. The molecule has 0 fully saturated rings. The van der Waals surface area contributed by atoms with Gasteiger partial charge in [0.2, 0.25) is 0 Å². The molecule has 0 amide bonds. The summed E-state index contributed by atoms with van der Waals surface area (Å²) in [6.07, 6.45) is 9.15. The molecule has 2 unspecified atom stereocenters. The van der Waals surface area contributed by atoms with Crippen LogP contribution < -0.4 is 0 Å². The second kappa shape index (κ2) is 2.28. The Morgan fingerprint density at radius 3 is 3.09 bits per heavy atom. The third-order valence-corrected chi connectivity index (χ3v) is 3.54. The highest BCUT2D eigenvalue weighted by atomic mass is 32.2. The molecule has 1 heterocycles. The van der Waals surface area contributed by atoms with Crippen LogP contribution in [0.15, 0.2) is 35.3 Å². The van der Waals surface area contributed by atoms with Crippen molar-refractivity contribution in [3.63, 3.8) is 0 Å². The molecule has 0 bridgehead atoms. The van der Waals surface area contributed by atoms with E-state index in [4.69, 9.17) is 0 Å². The molecule has 0 aromatic carbocycles. The van der Waals surface area contributed by atoms with Crippen molar-refractivity contribution in [2.45, 2.75) is 18.6 Å². The number of hydrogen-bond donors (Lipinski definition) is 0. The predicted octanol–water partition coefficient (Wildman–Crippen LogP) is 3.14. The van der Waals surface area contributed by atoms with Gasteiger partial charge in [0.05, 0.1) is 0 Å². The van der Waals surface area contributed by atoms with E-state index < -0.39 is 0 Å². The number of rotatable bonds is 0. The Morgan fingerprint density at radius 2 is 2.27 bits per heavy atom. The van der Waals surface area contributed by atoms with Crippen LogP contribution in [0.2, 0.25) is 0 Å². The molecule has 11 heavy (non-hydrogen) atoms. The van der Waals surface area contributed by atoms with Crippen LogP contribution in [0.5, 0.6) is 0 Å². The number of thioether (sulfide) groups is 1. The summed E-state index contributed by atoms with van der Waals surface area (Å²) in [5.41, 5.74) is 1.39. The van der Waals surface area contributed by atoms with Gasteiger partial charge in [-0.1, -0.05) is 29.9 Å². The van der Waals surface area contributed by atoms with Crippen molar-refractivity contribution >= 4 is 11.8 Å². The molecule has 58 valence electrons. The van der Waals surface area contributed by atoms with E-state index in [9.17, 15) is 0 Å². The van der Waals surface area contributed by atoms with E-state index in [1.807, 2.05) is 11.8 Å². The van der Waals surface area contributed by atoms with Gasteiger partial charge in [-0.2, -0.15) is 0 Å². The van der Waals surface area contributed by atoms with Gasteiger partial charge in [-0.05, 0) is 19.3 Å². The fraction of sp³-hybridized carbons (Fsp3) is 0.400. The Labute approximate surface area is 72.1 Å². The summed E-state index contributed by atoms with van der Waals surface area (Å²) in [5, 5.41) is 2.21. The number of hydrogen-bond acceptors (Lipinski definition) is 1. The Hall–Kier alpha value is -0.430. The summed E-state index contributed by atoms with van der Waals surface area (Å²) in [4.78, 5) is 0. The molecular weight excluding hydrogens is 152 g/mol. The molecule has 1 aliphatic heterocycles. The van der Waals surface area contributed by atoms with E-state index in [0.717, 1.165) is 0 Å². The van der Waals surface area contributed by atoms with Crippen molar-refractivity contribution in [3.8, 4) is 0 Å². The topological polar surface area (TPSA) is 0 Å². The van der Waals surface area contributed by atoms with Crippen LogP contribution in [-0.4, -0.2) is 4.75 Å². The van der Waals surface area contributed by atoms with Gasteiger partial charge >= 0.3 is 0 Å². The Kier molecular flexibility index (Phi) is 1.50. The minimum Gasteiger partial charge on any atom is -0.123 e. The standard InChI is InChI=1S/C10H12S/c1-8-3-4-9-5-6-11-10(9,2)7-8/h3-7,9H,1-2H3. The fourth-order valence-electron chi connectivity index (χ4n) is 1.68. The molecule has 0 aromatic rings. The maximum atomic E-state index is 2.36. The summed E-state index contributed by atoms with van der Waals surface area (Å²) in [7, 11) is 0. The second-order valence-electron chi connectivity index (χ2n) is 3.40. The van der Waals surface area contributed by atoms with Crippen LogP contribution in [-0.2, 0) is 0 Å². The third kappa shape index (κ3) is 1.08. The lowest BCUT2D eigenvalue weighted by Gasteiger charge is -2.28. The number of allylic oxidation sites excluding steroid dienone is 4. The van der Waals surface area contributed by atoms with E-state index >= 15 is 0 Å². The van der Waals surface area contributed by atoms with Gasteiger partial charge < -0.3 is 0 Å². The Morgan fingerprint density at radius 1 is 1.45 bits per heavy atom. The average molecular weight is 164 g/mol. The van der Waals surface area contributed by atoms with Gasteiger partial charge in [-0.3, -0.25) is 0 Å². The first kappa shape index (κ1) is 7.23. The third-order valence-electron chi connectivity index (χ3n) is 2.35. The van der Waals surface area contributed by atoms with Crippen molar-refractivity contribution < 1.29 is 0 Å². The van der Waals surface area contributed by atoms with Crippen molar-refractivity contribution in [1.82, 2.24) is 0 Å². The van der Waals surface area contributed by atoms with Crippen molar-refractivity contribution in [2.75, 3.05) is 0 Å². The van der Waals surface area contributed by atoms with Crippen molar-refractivity contribution in [3.05, 3.63) is 35.3 Å². The summed E-state index contributed by atoms with van der Waals surface area (Å²) in [6.45, 7) is 4.46. The van der Waals surface area contributed by atoms with Crippen LogP contribution in [0.1, 0.15) is 13.8 Å². The second-order valence-corrected chi connectivity index (χ2v) is 4.79. The van der Waals surface area contributed by atoms with Gasteiger partial charge in [-0.15, -0.1) is 11.8 Å². The van der Waals surface area contributed by atoms with Crippen LogP contribution in [0.25, 0.3) is 0 Å². The van der Waals surface area contributed by atoms with Gasteiger partial charge in [0, 0.05) is 10.7 Å². The van der Waals surface area contributed by atoms with E-state index in [2.05, 4.69) is 43.6 Å². The minimum atomic E-state index is 0.318. The summed E-state index contributed by atoms with van der Waals surface area (Å²) >= 11 is 1.92. The lowest BCUT2D eigenvalue weighted by atomic mass is 9.87. The molecule has 0 aromatic heterocycles. The molecule has 0 radical (unpaired) electrons. The summed E-state index contributed by atoms with van der Waals surface area (Å²) in [5.74, 6) is 0.621. The van der Waals surface area contributed by atoms with Crippen LogP contribution in [0.4, 0.5) is 0 Å². The average Bonchev–Trinajstić information content (AvgIpc) is 2.28. The highest BCUT2D eigenvalue weighted by Gasteiger charge is 2.34. The fourth-order valence-corrected chi connectivity index (χ4v) is 2.79. The zero-order chi connectivity index (χ0) is 7.90. The molecule has 1 aliphatic carbocycles. The van der Waals surface area contributed by atoms with Gasteiger partial charge in [0.15, 0.2) is 0 Å². The Balaban J connectivity index is 2.37. The van der Waals surface area contributed by atoms with E-state index in [-0.39, 0.29) is 0 Å².